The van der Waals surface area contributed by atoms with Crippen LogP contribution in [-0.4, -0.2) is 67.6 Å². The summed E-state index contributed by atoms with van der Waals surface area (Å²) < 4.78 is 5.32. The van der Waals surface area contributed by atoms with Crippen LogP contribution in [0.15, 0.2) is 24.3 Å². The predicted octanol–water partition coefficient (Wildman–Crippen LogP) is 2.20. The molecule has 0 aromatic heterocycles. The largest absolute Gasteiger partial charge is 0.497 e. The van der Waals surface area contributed by atoms with E-state index in [4.69, 9.17) is 4.74 Å². The molecule has 0 aliphatic carbocycles. The third-order valence-electron chi connectivity index (χ3n) is 4.75. The van der Waals surface area contributed by atoms with Gasteiger partial charge in [-0.15, -0.1) is 0 Å². The first-order valence-electron chi connectivity index (χ1n) is 8.07. The Balaban J connectivity index is 1.73. The number of likely N-dealkylation sites (N-methyl/N-ethyl adjacent to an activating group) is 1. The second-order valence-corrected chi connectivity index (χ2v) is 6.20. The highest BCUT2D eigenvalue weighted by Crippen LogP contribution is 2.34. The van der Waals surface area contributed by atoms with Gasteiger partial charge in [0.1, 0.15) is 5.75 Å². The van der Waals surface area contributed by atoms with Crippen molar-refractivity contribution in [1.29, 1.82) is 0 Å². The molecule has 1 aromatic carbocycles. The lowest BCUT2D eigenvalue weighted by Crippen LogP contribution is -2.51. The maximum Gasteiger partial charge on any atom is 0.320 e. The number of nitrogens with zero attached hydrogens (tertiary/aromatic N) is 3. The maximum absolute atomic E-state index is 12.8. The van der Waals surface area contributed by atoms with E-state index in [0.29, 0.717) is 0 Å². The molecule has 1 aromatic rings. The number of amides is 2. The Bertz CT molecular complexity index is 526. The fourth-order valence-electron chi connectivity index (χ4n) is 3.37. The molecule has 5 nitrogen and oxygen atoms in total. The molecule has 2 amide bonds. The molecule has 5 heteroatoms. The van der Waals surface area contributed by atoms with E-state index in [0.717, 1.165) is 51.3 Å². The lowest BCUT2D eigenvalue weighted by atomic mass is 10.0. The van der Waals surface area contributed by atoms with Crippen molar-refractivity contribution >= 4 is 6.03 Å². The number of carbonyl (C=O) groups is 1. The van der Waals surface area contributed by atoms with Crippen LogP contribution in [0.25, 0.3) is 0 Å². The molecule has 1 unspecified atom stereocenters. The summed E-state index contributed by atoms with van der Waals surface area (Å²) in [6.45, 7) is 4.44. The smallest absolute Gasteiger partial charge is 0.320 e. The molecule has 2 aliphatic rings. The van der Waals surface area contributed by atoms with Crippen LogP contribution in [-0.2, 0) is 0 Å². The van der Waals surface area contributed by atoms with Gasteiger partial charge in [-0.2, -0.15) is 0 Å². The Labute approximate surface area is 132 Å². The fourth-order valence-corrected chi connectivity index (χ4v) is 3.37. The van der Waals surface area contributed by atoms with E-state index in [1.807, 2.05) is 21.9 Å². The van der Waals surface area contributed by atoms with Crippen molar-refractivity contribution in [3.05, 3.63) is 29.8 Å². The Kier molecular flexibility index (Phi) is 4.52. The second-order valence-electron chi connectivity index (χ2n) is 6.20. The predicted molar refractivity (Wildman–Crippen MR) is 86.1 cm³/mol. The molecular weight excluding hydrogens is 278 g/mol. The number of benzene rings is 1. The van der Waals surface area contributed by atoms with E-state index in [1.54, 1.807) is 7.11 Å². The van der Waals surface area contributed by atoms with Crippen molar-refractivity contribution in [3.63, 3.8) is 0 Å². The summed E-state index contributed by atoms with van der Waals surface area (Å²) in [4.78, 5) is 19.2. The first-order chi connectivity index (χ1) is 10.7. The molecule has 2 heterocycles. The van der Waals surface area contributed by atoms with Crippen LogP contribution >= 0.6 is 0 Å². The van der Waals surface area contributed by atoms with Crippen LogP contribution in [0.1, 0.15) is 24.4 Å². The second kappa shape index (κ2) is 6.57. The average molecular weight is 303 g/mol. The zero-order chi connectivity index (χ0) is 15.5. The number of carbonyl (C=O) groups excluding carboxylic acids is 1. The Morgan fingerprint density at radius 3 is 2.68 bits per heavy atom. The molecule has 0 spiro atoms. The molecular formula is C17H25N3O2. The third kappa shape index (κ3) is 3.04. The van der Waals surface area contributed by atoms with Crippen LogP contribution in [0.3, 0.4) is 0 Å². The molecule has 0 radical (unpaired) electrons. The van der Waals surface area contributed by atoms with Gasteiger partial charge < -0.3 is 19.4 Å². The lowest BCUT2D eigenvalue weighted by molar-refractivity contribution is 0.118. The van der Waals surface area contributed by atoms with Gasteiger partial charge >= 0.3 is 6.03 Å². The van der Waals surface area contributed by atoms with Gasteiger partial charge in [0.2, 0.25) is 0 Å². The number of hydrogen-bond acceptors (Lipinski definition) is 3. The summed E-state index contributed by atoms with van der Waals surface area (Å²) in [5.74, 6) is 0.858. The highest BCUT2D eigenvalue weighted by molar-refractivity contribution is 5.75. The monoisotopic (exact) mass is 303 g/mol. The Morgan fingerprint density at radius 2 is 1.95 bits per heavy atom. The van der Waals surface area contributed by atoms with Crippen molar-refractivity contribution in [2.24, 2.45) is 0 Å². The molecule has 120 valence electrons. The van der Waals surface area contributed by atoms with E-state index in [-0.39, 0.29) is 12.1 Å². The summed E-state index contributed by atoms with van der Waals surface area (Å²) in [5.41, 5.74) is 1.18. The third-order valence-corrected chi connectivity index (χ3v) is 4.75. The van der Waals surface area contributed by atoms with E-state index in [2.05, 4.69) is 24.1 Å². The zero-order valence-electron chi connectivity index (χ0n) is 13.5. The van der Waals surface area contributed by atoms with Crippen LogP contribution in [0.5, 0.6) is 5.75 Å². The van der Waals surface area contributed by atoms with E-state index < -0.39 is 0 Å². The maximum atomic E-state index is 12.8. The van der Waals surface area contributed by atoms with Gasteiger partial charge in [0.15, 0.2) is 0 Å². The normalized spacial score (nSPS) is 22.9. The van der Waals surface area contributed by atoms with Crippen molar-refractivity contribution in [2.75, 3.05) is 46.9 Å². The van der Waals surface area contributed by atoms with Gasteiger partial charge in [-0.3, -0.25) is 0 Å². The molecule has 0 N–H and O–H groups in total. The zero-order valence-corrected chi connectivity index (χ0v) is 13.5. The first-order valence-corrected chi connectivity index (χ1v) is 8.07. The van der Waals surface area contributed by atoms with Gasteiger partial charge in [0, 0.05) is 32.7 Å². The SMILES string of the molecule is COc1cccc(C2CCCN2C(=O)N2CCN(C)CC2)c1. The summed E-state index contributed by atoms with van der Waals surface area (Å²) >= 11 is 0. The number of likely N-dealkylation sites (tertiary alicyclic amines) is 1. The van der Waals surface area contributed by atoms with Crippen molar-refractivity contribution in [1.82, 2.24) is 14.7 Å². The molecule has 2 aliphatic heterocycles. The molecule has 3 rings (SSSR count). The fraction of sp³-hybridized carbons (Fsp3) is 0.588. The van der Waals surface area contributed by atoms with Crippen molar-refractivity contribution in [2.45, 2.75) is 18.9 Å². The summed E-state index contributed by atoms with van der Waals surface area (Å²) in [6, 6.07) is 8.49. The minimum Gasteiger partial charge on any atom is -0.497 e. The topological polar surface area (TPSA) is 36.0 Å². The van der Waals surface area contributed by atoms with E-state index in [1.165, 1.54) is 5.56 Å². The van der Waals surface area contributed by atoms with Crippen LogP contribution < -0.4 is 4.74 Å². The summed E-state index contributed by atoms with van der Waals surface area (Å²) in [7, 11) is 3.79. The molecule has 22 heavy (non-hydrogen) atoms. The van der Waals surface area contributed by atoms with Gasteiger partial charge in [-0.1, -0.05) is 12.1 Å². The van der Waals surface area contributed by atoms with Gasteiger partial charge in [0.25, 0.3) is 0 Å². The number of methoxy groups -OCH3 is 1. The van der Waals surface area contributed by atoms with Crippen LogP contribution in [0.2, 0.25) is 0 Å². The molecule has 2 saturated heterocycles. The van der Waals surface area contributed by atoms with E-state index >= 15 is 0 Å². The molecule has 0 bridgehead atoms. The van der Waals surface area contributed by atoms with Gasteiger partial charge in [-0.05, 0) is 37.6 Å². The van der Waals surface area contributed by atoms with Crippen molar-refractivity contribution < 1.29 is 9.53 Å². The van der Waals surface area contributed by atoms with E-state index in [9.17, 15) is 4.79 Å². The Morgan fingerprint density at radius 1 is 1.18 bits per heavy atom. The highest BCUT2D eigenvalue weighted by atomic mass is 16.5. The molecule has 1 atom stereocenters. The summed E-state index contributed by atoms with van der Waals surface area (Å²) in [6.07, 6.45) is 2.11. The number of rotatable bonds is 2. The van der Waals surface area contributed by atoms with Gasteiger partial charge in [-0.25, -0.2) is 4.79 Å². The summed E-state index contributed by atoms with van der Waals surface area (Å²) in [5, 5.41) is 0. The van der Waals surface area contributed by atoms with Crippen LogP contribution in [0.4, 0.5) is 4.79 Å². The lowest BCUT2D eigenvalue weighted by Gasteiger charge is -2.37. The number of urea groups is 1. The number of piperazine rings is 1. The minimum atomic E-state index is 0.183. The number of hydrogen-bond donors (Lipinski definition) is 0. The minimum absolute atomic E-state index is 0.183. The van der Waals surface area contributed by atoms with Crippen LogP contribution in [0, 0.1) is 0 Å². The van der Waals surface area contributed by atoms with Gasteiger partial charge in [0.05, 0.1) is 13.2 Å². The Hall–Kier alpha value is -1.75. The average Bonchev–Trinajstić information content (AvgIpc) is 3.04. The number of ether oxygens (including phenoxy) is 1. The highest BCUT2D eigenvalue weighted by Gasteiger charge is 2.33. The quantitative estimate of drug-likeness (QED) is 0.840. The molecule has 0 saturated carbocycles. The standard InChI is InChI=1S/C17H25N3O2/c1-18-9-11-19(12-10-18)17(21)20-8-4-7-16(20)14-5-3-6-15(13-14)22-2/h3,5-6,13,16H,4,7-12H2,1-2H3. The molecule has 2 fully saturated rings. The first kappa shape index (κ1) is 15.2. The van der Waals surface area contributed by atoms with Crippen molar-refractivity contribution in [3.8, 4) is 5.75 Å².